The monoisotopic (exact) mass is 246 g/mol. The van der Waals surface area contributed by atoms with Gasteiger partial charge in [0.25, 0.3) is 0 Å². The van der Waals surface area contributed by atoms with Gasteiger partial charge in [-0.1, -0.05) is 13.0 Å². The lowest BCUT2D eigenvalue weighted by Gasteiger charge is -2.21. The minimum atomic E-state index is -0.795. The molecule has 0 unspecified atom stereocenters. The number of aliphatic carboxylic acids is 1. The number of allylic oxidation sites excluding steroid dienone is 1. The third kappa shape index (κ3) is 2.26. The van der Waals surface area contributed by atoms with Crippen molar-refractivity contribution in [3.63, 3.8) is 0 Å². The number of carboxylic acids is 1. The zero-order valence-corrected chi connectivity index (χ0v) is 10.8. The Morgan fingerprint density at radius 1 is 1.39 bits per heavy atom. The Morgan fingerprint density at radius 3 is 2.78 bits per heavy atom. The average molecular weight is 246 g/mol. The molecule has 0 fully saturated rings. The van der Waals surface area contributed by atoms with Gasteiger partial charge < -0.3 is 9.84 Å². The van der Waals surface area contributed by atoms with Crippen LogP contribution >= 0.6 is 0 Å². The Morgan fingerprint density at radius 2 is 2.17 bits per heavy atom. The summed E-state index contributed by atoms with van der Waals surface area (Å²) in [7, 11) is 1.65. The molecule has 0 heterocycles. The van der Waals surface area contributed by atoms with Gasteiger partial charge in [0.15, 0.2) is 0 Å². The third-order valence-electron chi connectivity index (χ3n) is 3.49. The van der Waals surface area contributed by atoms with Gasteiger partial charge in [-0.2, -0.15) is 0 Å². The number of fused-ring (bicyclic) bond motifs is 1. The fourth-order valence-corrected chi connectivity index (χ4v) is 2.60. The van der Waals surface area contributed by atoms with Gasteiger partial charge in [0.05, 0.1) is 7.11 Å². The number of rotatable bonds is 3. The average Bonchev–Trinajstić information content (AvgIpc) is 2.38. The molecule has 0 atom stereocenters. The lowest BCUT2D eigenvalue weighted by molar-refractivity contribution is -0.132. The van der Waals surface area contributed by atoms with Crippen molar-refractivity contribution in [3.8, 4) is 5.75 Å². The molecule has 0 saturated heterocycles. The van der Waals surface area contributed by atoms with Crippen molar-refractivity contribution in [2.45, 2.75) is 32.6 Å². The Bertz CT molecular complexity index is 500. The zero-order chi connectivity index (χ0) is 13.1. The van der Waals surface area contributed by atoms with E-state index in [0.29, 0.717) is 12.0 Å². The highest BCUT2D eigenvalue weighted by atomic mass is 16.5. The molecule has 0 bridgehead atoms. The van der Waals surface area contributed by atoms with Gasteiger partial charge in [0.1, 0.15) is 5.75 Å². The van der Waals surface area contributed by atoms with Gasteiger partial charge in [-0.3, -0.25) is 0 Å². The molecule has 1 aromatic rings. The molecule has 1 N–H and O–H groups in total. The number of hydrogen-bond acceptors (Lipinski definition) is 2. The minimum Gasteiger partial charge on any atom is -0.497 e. The smallest absolute Gasteiger partial charge is 0.331 e. The van der Waals surface area contributed by atoms with Crippen LogP contribution in [-0.4, -0.2) is 18.2 Å². The predicted molar refractivity (Wildman–Crippen MR) is 70.8 cm³/mol. The first-order chi connectivity index (χ1) is 8.67. The maximum absolute atomic E-state index is 11.3. The number of benzene rings is 1. The fourth-order valence-electron chi connectivity index (χ4n) is 2.60. The second kappa shape index (κ2) is 5.25. The van der Waals surface area contributed by atoms with Gasteiger partial charge >= 0.3 is 5.97 Å². The summed E-state index contributed by atoms with van der Waals surface area (Å²) in [6, 6.07) is 5.91. The minimum absolute atomic E-state index is 0.543. The lowest BCUT2D eigenvalue weighted by Crippen LogP contribution is -2.09. The first-order valence-electron chi connectivity index (χ1n) is 6.30. The van der Waals surface area contributed by atoms with Crippen molar-refractivity contribution < 1.29 is 14.6 Å². The van der Waals surface area contributed by atoms with Crippen molar-refractivity contribution in [3.05, 3.63) is 34.9 Å². The van der Waals surface area contributed by atoms with E-state index in [4.69, 9.17) is 4.74 Å². The Hall–Kier alpha value is -1.77. The predicted octanol–water partition coefficient (Wildman–Crippen LogP) is 3.28. The van der Waals surface area contributed by atoms with Gasteiger partial charge in [0, 0.05) is 5.57 Å². The number of hydrogen-bond donors (Lipinski definition) is 1. The highest BCUT2D eigenvalue weighted by Crippen LogP contribution is 2.35. The van der Waals surface area contributed by atoms with Crippen molar-refractivity contribution in [2.24, 2.45) is 0 Å². The molecule has 0 aromatic heterocycles. The number of carboxylic acid groups (broad SMARTS) is 1. The molecule has 2 rings (SSSR count). The fraction of sp³-hybridized carbons (Fsp3) is 0.400. The lowest BCUT2D eigenvalue weighted by atomic mass is 9.84. The number of ether oxygens (including phenoxy) is 1. The number of aryl methyl sites for hydroxylation is 1. The number of methoxy groups -OCH3 is 1. The summed E-state index contributed by atoms with van der Waals surface area (Å²) < 4.78 is 5.22. The van der Waals surface area contributed by atoms with E-state index in [1.165, 1.54) is 5.56 Å². The van der Waals surface area contributed by atoms with Crippen LogP contribution in [-0.2, 0) is 11.2 Å². The molecule has 3 nitrogen and oxygen atoms in total. The first kappa shape index (κ1) is 12.7. The second-order valence-electron chi connectivity index (χ2n) is 4.49. The summed E-state index contributed by atoms with van der Waals surface area (Å²) in [5.41, 5.74) is 3.82. The summed E-state index contributed by atoms with van der Waals surface area (Å²) in [5.74, 6) is 0.0412. The molecular weight excluding hydrogens is 228 g/mol. The van der Waals surface area contributed by atoms with Crippen molar-refractivity contribution >= 4 is 11.5 Å². The molecule has 0 aliphatic heterocycles. The Balaban J connectivity index is 2.54. The molecule has 1 aliphatic carbocycles. The van der Waals surface area contributed by atoms with Gasteiger partial charge in [-0.05, 0) is 54.5 Å². The molecule has 0 amide bonds. The molecule has 3 heteroatoms. The zero-order valence-electron chi connectivity index (χ0n) is 10.8. The van der Waals surface area contributed by atoms with Crippen molar-refractivity contribution in [2.75, 3.05) is 7.11 Å². The summed E-state index contributed by atoms with van der Waals surface area (Å²) >= 11 is 0. The highest BCUT2D eigenvalue weighted by Gasteiger charge is 2.20. The standard InChI is InChI=1S/C15H18O3/c1-3-12(15(16)17)14-6-4-5-10-9-11(18-2)7-8-13(10)14/h7-9H,3-6H2,1-2H3,(H,16,17). The highest BCUT2D eigenvalue weighted by molar-refractivity contribution is 5.97. The molecule has 0 radical (unpaired) electrons. The molecule has 1 aliphatic rings. The topological polar surface area (TPSA) is 46.5 Å². The van der Waals surface area contributed by atoms with Crippen LogP contribution in [0.25, 0.3) is 5.57 Å². The first-order valence-corrected chi connectivity index (χ1v) is 6.30. The van der Waals surface area contributed by atoms with Crippen molar-refractivity contribution in [1.82, 2.24) is 0 Å². The maximum Gasteiger partial charge on any atom is 0.331 e. The van der Waals surface area contributed by atoms with E-state index >= 15 is 0 Å². The second-order valence-corrected chi connectivity index (χ2v) is 4.49. The third-order valence-corrected chi connectivity index (χ3v) is 3.49. The van der Waals surface area contributed by atoms with Gasteiger partial charge in [-0.15, -0.1) is 0 Å². The van der Waals surface area contributed by atoms with Gasteiger partial charge in [0.2, 0.25) is 0 Å². The van der Waals surface area contributed by atoms with E-state index in [0.717, 1.165) is 36.1 Å². The largest absolute Gasteiger partial charge is 0.497 e. The summed E-state index contributed by atoms with van der Waals surface area (Å²) in [4.78, 5) is 11.3. The van der Waals surface area contributed by atoms with Crippen LogP contribution in [0.1, 0.15) is 37.3 Å². The quantitative estimate of drug-likeness (QED) is 0.832. The van der Waals surface area contributed by atoms with E-state index in [-0.39, 0.29) is 0 Å². The van der Waals surface area contributed by atoms with Crippen LogP contribution in [0.15, 0.2) is 23.8 Å². The van der Waals surface area contributed by atoms with Crippen LogP contribution in [0, 0.1) is 0 Å². The molecular formula is C15H18O3. The van der Waals surface area contributed by atoms with Gasteiger partial charge in [-0.25, -0.2) is 4.79 Å². The van der Waals surface area contributed by atoms with Crippen LogP contribution in [0.4, 0.5) is 0 Å². The normalized spacial score (nSPS) is 17.0. The van der Waals surface area contributed by atoms with Crippen LogP contribution in [0.2, 0.25) is 0 Å². The van der Waals surface area contributed by atoms with Crippen molar-refractivity contribution in [1.29, 1.82) is 0 Å². The van der Waals surface area contributed by atoms with E-state index in [2.05, 4.69) is 0 Å². The maximum atomic E-state index is 11.3. The Kier molecular flexibility index (Phi) is 3.70. The van der Waals surface area contributed by atoms with E-state index < -0.39 is 5.97 Å². The summed E-state index contributed by atoms with van der Waals surface area (Å²) in [6.45, 7) is 1.90. The van der Waals surface area contributed by atoms with E-state index in [1.54, 1.807) is 7.11 Å². The molecule has 18 heavy (non-hydrogen) atoms. The SMILES string of the molecule is CCC(C(=O)O)=C1CCCc2cc(OC)ccc21. The van der Waals surface area contributed by atoms with Crippen LogP contribution < -0.4 is 4.74 Å². The molecule has 0 saturated carbocycles. The van der Waals surface area contributed by atoms with Crippen LogP contribution in [0.3, 0.4) is 0 Å². The summed E-state index contributed by atoms with van der Waals surface area (Å²) in [5, 5.41) is 9.27. The molecule has 1 aromatic carbocycles. The van der Waals surface area contributed by atoms with E-state index in [1.807, 2.05) is 25.1 Å². The van der Waals surface area contributed by atoms with E-state index in [9.17, 15) is 9.90 Å². The Labute approximate surface area is 107 Å². The summed E-state index contributed by atoms with van der Waals surface area (Å²) in [6.07, 6.45) is 3.42. The molecule has 96 valence electrons. The van der Waals surface area contributed by atoms with Crippen LogP contribution in [0.5, 0.6) is 5.75 Å². The number of carbonyl (C=O) groups is 1. The molecule has 0 spiro atoms.